The maximum absolute atomic E-state index is 5.57. The van der Waals surface area contributed by atoms with Gasteiger partial charge in [-0.2, -0.15) is 0 Å². The highest BCUT2D eigenvalue weighted by molar-refractivity contribution is 5.72. The van der Waals surface area contributed by atoms with Crippen LogP contribution >= 0.6 is 0 Å². The van der Waals surface area contributed by atoms with Gasteiger partial charge in [-0.05, 0) is 24.6 Å². The van der Waals surface area contributed by atoms with Gasteiger partial charge in [0.2, 0.25) is 0 Å². The molecule has 0 spiro atoms. The highest BCUT2D eigenvalue weighted by Gasteiger charge is 2.17. The lowest BCUT2D eigenvalue weighted by molar-refractivity contribution is 0.141. The van der Waals surface area contributed by atoms with Gasteiger partial charge in [-0.3, -0.25) is 0 Å². The zero-order chi connectivity index (χ0) is 12.7. The van der Waals surface area contributed by atoms with Gasteiger partial charge < -0.3 is 15.2 Å². The second-order valence-corrected chi connectivity index (χ2v) is 3.55. The van der Waals surface area contributed by atoms with E-state index in [1.807, 2.05) is 45.0 Å². The van der Waals surface area contributed by atoms with Gasteiger partial charge in [0.05, 0.1) is 6.54 Å². The summed E-state index contributed by atoms with van der Waals surface area (Å²) in [5.74, 6) is 0.851. The van der Waals surface area contributed by atoms with Crippen molar-refractivity contribution in [2.24, 2.45) is 10.7 Å². The van der Waals surface area contributed by atoms with Crippen LogP contribution < -0.4 is 10.5 Å². The van der Waals surface area contributed by atoms with Crippen molar-refractivity contribution < 1.29 is 9.47 Å². The smallest absolute Gasteiger partial charge is 0.282 e. The lowest BCUT2D eigenvalue weighted by Crippen LogP contribution is -2.24. The summed E-state index contributed by atoms with van der Waals surface area (Å²) in [5.41, 5.74) is 6.57. The van der Waals surface area contributed by atoms with E-state index in [-0.39, 0.29) is 12.1 Å². The molecular formula is C13H20N2O2. The highest BCUT2D eigenvalue weighted by atomic mass is 16.5. The summed E-state index contributed by atoms with van der Waals surface area (Å²) in [6.45, 7) is 7.09. The van der Waals surface area contributed by atoms with Crippen molar-refractivity contribution in [2.45, 2.75) is 26.9 Å². The number of aliphatic imine (C=N–C) groups is 1. The van der Waals surface area contributed by atoms with Crippen LogP contribution in [0.2, 0.25) is 0 Å². The van der Waals surface area contributed by atoms with Crippen molar-refractivity contribution in [3.8, 4) is 5.75 Å². The first-order valence-corrected chi connectivity index (χ1v) is 5.90. The molecule has 0 bridgehead atoms. The average Bonchev–Trinajstić information content (AvgIpc) is 2.75. The molecule has 1 aliphatic rings. The number of amidine groups is 1. The molecule has 0 aromatic heterocycles. The molecular weight excluding hydrogens is 216 g/mol. The zero-order valence-electron chi connectivity index (χ0n) is 10.6. The molecule has 1 aromatic carbocycles. The van der Waals surface area contributed by atoms with Crippen LogP contribution in [-0.4, -0.2) is 25.3 Å². The second-order valence-electron chi connectivity index (χ2n) is 3.55. The summed E-state index contributed by atoms with van der Waals surface area (Å²) in [7, 11) is 0. The Morgan fingerprint density at radius 2 is 2.24 bits per heavy atom. The SMILES string of the molecule is CC.Cc1cccc(OC[C@@H]2CN=C(N)O2)c1. The number of ether oxygens (including phenoxy) is 2. The molecule has 0 radical (unpaired) electrons. The van der Waals surface area contributed by atoms with Gasteiger partial charge >= 0.3 is 0 Å². The molecule has 1 aromatic rings. The normalized spacial score (nSPS) is 17.6. The number of hydrogen-bond acceptors (Lipinski definition) is 4. The first-order chi connectivity index (χ1) is 8.24. The van der Waals surface area contributed by atoms with Crippen LogP contribution in [0.25, 0.3) is 0 Å². The summed E-state index contributed by atoms with van der Waals surface area (Å²) >= 11 is 0. The molecule has 94 valence electrons. The van der Waals surface area contributed by atoms with Crippen LogP contribution in [0.4, 0.5) is 0 Å². The lowest BCUT2D eigenvalue weighted by atomic mass is 10.2. The predicted octanol–water partition coefficient (Wildman–Crippen LogP) is 2.11. The molecule has 1 aliphatic heterocycles. The molecule has 17 heavy (non-hydrogen) atoms. The summed E-state index contributed by atoms with van der Waals surface area (Å²) in [6.07, 6.45) is -0.0505. The first-order valence-electron chi connectivity index (χ1n) is 5.90. The van der Waals surface area contributed by atoms with Gasteiger partial charge in [-0.15, -0.1) is 0 Å². The van der Waals surface area contributed by atoms with Crippen LogP contribution in [0.5, 0.6) is 5.75 Å². The van der Waals surface area contributed by atoms with E-state index in [0.717, 1.165) is 5.75 Å². The van der Waals surface area contributed by atoms with Gasteiger partial charge in [-0.1, -0.05) is 26.0 Å². The molecule has 0 saturated carbocycles. The van der Waals surface area contributed by atoms with Gasteiger partial charge in [0.15, 0.2) is 6.10 Å². The van der Waals surface area contributed by atoms with Crippen LogP contribution in [0.3, 0.4) is 0 Å². The number of benzene rings is 1. The monoisotopic (exact) mass is 236 g/mol. The number of hydrogen-bond donors (Lipinski definition) is 1. The average molecular weight is 236 g/mol. The van der Waals surface area contributed by atoms with Crippen LogP contribution in [0.1, 0.15) is 19.4 Å². The number of rotatable bonds is 3. The summed E-state index contributed by atoms with van der Waals surface area (Å²) < 4.78 is 10.8. The molecule has 4 heteroatoms. The van der Waals surface area contributed by atoms with E-state index >= 15 is 0 Å². The fraction of sp³-hybridized carbons (Fsp3) is 0.462. The van der Waals surface area contributed by atoms with Crippen molar-refractivity contribution in [3.63, 3.8) is 0 Å². The molecule has 0 saturated heterocycles. The summed E-state index contributed by atoms with van der Waals surface area (Å²) in [4.78, 5) is 3.94. The van der Waals surface area contributed by atoms with E-state index in [1.54, 1.807) is 0 Å². The van der Waals surface area contributed by atoms with E-state index in [9.17, 15) is 0 Å². The quantitative estimate of drug-likeness (QED) is 0.874. The minimum absolute atomic E-state index is 0.0505. The largest absolute Gasteiger partial charge is 0.490 e. The van der Waals surface area contributed by atoms with Crippen molar-refractivity contribution >= 4 is 6.02 Å². The molecule has 0 aliphatic carbocycles. The second kappa shape index (κ2) is 6.78. The highest BCUT2D eigenvalue weighted by Crippen LogP contribution is 2.13. The van der Waals surface area contributed by atoms with Gasteiger partial charge in [-0.25, -0.2) is 4.99 Å². The molecule has 2 N–H and O–H groups in total. The van der Waals surface area contributed by atoms with E-state index in [4.69, 9.17) is 15.2 Å². The fourth-order valence-electron chi connectivity index (χ4n) is 1.42. The Labute approximate surface area is 102 Å². The Balaban J connectivity index is 0.000000686. The van der Waals surface area contributed by atoms with E-state index in [2.05, 4.69) is 4.99 Å². The topological polar surface area (TPSA) is 56.8 Å². The standard InChI is InChI=1S/C11H14N2O2.C2H6/c1-8-3-2-4-9(5-8)14-7-10-6-13-11(12)15-10;1-2/h2-5,10H,6-7H2,1H3,(H2,12,13);1-2H3/t10-;/m0./s1. The summed E-state index contributed by atoms with van der Waals surface area (Å²) in [5, 5.41) is 0. The van der Waals surface area contributed by atoms with Crippen molar-refractivity contribution in [3.05, 3.63) is 29.8 Å². The lowest BCUT2D eigenvalue weighted by Gasteiger charge is -2.11. The third-order valence-corrected chi connectivity index (χ3v) is 2.16. The van der Waals surface area contributed by atoms with Crippen LogP contribution in [0, 0.1) is 6.92 Å². The Hall–Kier alpha value is -1.71. The van der Waals surface area contributed by atoms with Gasteiger partial charge in [0.1, 0.15) is 12.4 Å². The number of nitrogens with two attached hydrogens (primary N) is 1. The fourth-order valence-corrected chi connectivity index (χ4v) is 1.42. The molecule has 1 heterocycles. The van der Waals surface area contributed by atoms with Gasteiger partial charge in [0.25, 0.3) is 6.02 Å². The van der Waals surface area contributed by atoms with E-state index in [0.29, 0.717) is 13.2 Å². The summed E-state index contributed by atoms with van der Waals surface area (Å²) in [6, 6.07) is 8.16. The zero-order valence-corrected chi connectivity index (χ0v) is 10.6. The first kappa shape index (κ1) is 13.4. The molecule has 0 fully saturated rings. The Morgan fingerprint density at radius 1 is 1.47 bits per heavy atom. The van der Waals surface area contributed by atoms with E-state index < -0.39 is 0 Å². The molecule has 4 nitrogen and oxygen atoms in total. The molecule has 0 amide bonds. The minimum Gasteiger partial charge on any atom is -0.490 e. The van der Waals surface area contributed by atoms with Crippen molar-refractivity contribution in [1.82, 2.24) is 0 Å². The Morgan fingerprint density at radius 3 is 2.82 bits per heavy atom. The van der Waals surface area contributed by atoms with Gasteiger partial charge in [0, 0.05) is 0 Å². The molecule has 1 atom stereocenters. The van der Waals surface area contributed by atoms with Crippen molar-refractivity contribution in [1.29, 1.82) is 0 Å². The van der Waals surface area contributed by atoms with Crippen LogP contribution in [0.15, 0.2) is 29.3 Å². The van der Waals surface area contributed by atoms with Crippen molar-refractivity contribution in [2.75, 3.05) is 13.2 Å². The Kier molecular flexibility index (Phi) is 5.33. The maximum atomic E-state index is 5.57. The third-order valence-electron chi connectivity index (χ3n) is 2.16. The number of nitrogens with zero attached hydrogens (tertiary/aromatic N) is 1. The predicted molar refractivity (Wildman–Crippen MR) is 69.4 cm³/mol. The maximum Gasteiger partial charge on any atom is 0.282 e. The minimum atomic E-state index is -0.0505. The molecule has 0 unspecified atom stereocenters. The molecule has 2 rings (SSSR count). The third kappa shape index (κ3) is 4.34. The van der Waals surface area contributed by atoms with E-state index in [1.165, 1.54) is 5.56 Å². The van der Waals surface area contributed by atoms with Crippen LogP contribution in [-0.2, 0) is 4.74 Å². The Bertz CT molecular complexity index is 377. The number of aryl methyl sites for hydroxylation is 1.